The zero-order chi connectivity index (χ0) is 18.3. The molecule has 1 aromatic rings. The van der Waals surface area contributed by atoms with Gasteiger partial charge in [-0.1, -0.05) is 24.3 Å². The molecule has 5 nitrogen and oxygen atoms in total. The van der Waals surface area contributed by atoms with Crippen molar-refractivity contribution in [2.75, 3.05) is 6.61 Å². The second kappa shape index (κ2) is 6.33. The van der Waals surface area contributed by atoms with E-state index in [-0.39, 0.29) is 30.0 Å². The molecule has 1 aromatic carbocycles. The summed E-state index contributed by atoms with van der Waals surface area (Å²) in [6, 6.07) is 8.19. The van der Waals surface area contributed by atoms with Crippen LogP contribution in [0.25, 0.3) is 0 Å². The molecule has 1 saturated carbocycles. The van der Waals surface area contributed by atoms with E-state index < -0.39 is 0 Å². The van der Waals surface area contributed by atoms with Crippen molar-refractivity contribution < 1.29 is 18.8 Å². The highest BCUT2D eigenvalue weighted by Crippen LogP contribution is 2.41. The lowest BCUT2D eigenvalue weighted by Gasteiger charge is -2.42. The molecule has 136 valence electrons. The first-order chi connectivity index (χ1) is 11.7. The van der Waals surface area contributed by atoms with Gasteiger partial charge in [0, 0.05) is 0 Å². The van der Waals surface area contributed by atoms with Crippen molar-refractivity contribution in [2.45, 2.75) is 70.6 Å². The Balaban J connectivity index is 1.75. The van der Waals surface area contributed by atoms with Crippen LogP contribution < -0.4 is 10.8 Å². The number of hydrogen-bond acceptors (Lipinski definition) is 4. The van der Waals surface area contributed by atoms with Gasteiger partial charge in [0.05, 0.1) is 23.3 Å². The average Bonchev–Trinajstić information content (AvgIpc) is 2.72. The van der Waals surface area contributed by atoms with Crippen LogP contribution in [-0.4, -0.2) is 31.0 Å². The molecule has 1 N–H and O–H groups in total. The number of amides is 1. The highest BCUT2D eigenvalue weighted by atomic mass is 16.7. The number of rotatable bonds is 4. The molecule has 3 rings (SSSR count). The van der Waals surface area contributed by atoms with Crippen LogP contribution in [0, 0.1) is 0 Å². The molecule has 1 aliphatic carbocycles. The fraction of sp³-hybridized carbons (Fsp3) is 0.632. The molecule has 0 unspecified atom stereocenters. The van der Waals surface area contributed by atoms with E-state index in [1.54, 1.807) is 0 Å². The molecule has 0 atom stereocenters. The minimum absolute atomic E-state index is 0.305. The summed E-state index contributed by atoms with van der Waals surface area (Å²) in [4.78, 5) is 11.9. The number of carbonyl (C=O) groups excluding carboxylic acids is 1. The van der Waals surface area contributed by atoms with Crippen molar-refractivity contribution in [3.05, 3.63) is 29.8 Å². The maximum Gasteiger partial charge on any atom is 0.494 e. The first-order valence-electron chi connectivity index (χ1n) is 9.10. The summed E-state index contributed by atoms with van der Waals surface area (Å²) in [6.45, 7) is 10.4. The van der Waals surface area contributed by atoms with E-state index in [9.17, 15) is 4.79 Å². The lowest BCUT2D eigenvalue weighted by atomic mass is 9.70. The molecule has 0 bridgehead atoms. The second-order valence-corrected chi connectivity index (χ2v) is 7.99. The summed E-state index contributed by atoms with van der Waals surface area (Å²) in [5.74, 6) is 0. The van der Waals surface area contributed by atoms with Crippen LogP contribution in [0.3, 0.4) is 0 Å². The zero-order valence-electron chi connectivity index (χ0n) is 15.8. The molecule has 1 aliphatic heterocycles. The Labute approximate surface area is 150 Å². The van der Waals surface area contributed by atoms with Crippen LogP contribution in [0.15, 0.2) is 24.3 Å². The predicted molar refractivity (Wildman–Crippen MR) is 97.8 cm³/mol. The minimum Gasteiger partial charge on any atom is -0.450 e. The molecule has 6 heteroatoms. The smallest absolute Gasteiger partial charge is 0.450 e. The van der Waals surface area contributed by atoms with Crippen molar-refractivity contribution in [1.29, 1.82) is 0 Å². The molecular formula is C19H28BNO4. The highest BCUT2D eigenvalue weighted by molar-refractivity contribution is 6.62. The highest BCUT2D eigenvalue weighted by Gasteiger charge is 2.51. The van der Waals surface area contributed by atoms with E-state index in [1.165, 1.54) is 0 Å². The van der Waals surface area contributed by atoms with Crippen LogP contribution in [0.4, 0.5) is 4.79 Å². The standard InChI is InChI=1S/C19H28BNO4/c1-6-23-16(22)21-19(12-7-13-19)14-8-10-15(11-9-14)20-24-17(2,3)18(4,5)25-20/h8-11H,6-7,12-13H2,1-5H3,(H,21,22). The van der Waals surface area contributed by atoms with Crippen molar-refractivity contribution in [3.8, 4) is 0 Å². The molecule has 25 heavy (non-hydrogen) atoms. The fourth-order valence-electron chi connectivity index (χ4n) is 3.32. The number of carbonyl (C=O) groups is 1. The third-order valence-corrected chi connectivity index (χ3v) is 5.81. The number of alkyl carbamates (subject to hydrolysis) is 1. The summed E-state index contributed by atoms with van der Waals surface area (Å²) in [5.41, 5.74) is 1.09. The minimum atomic E-state index is -0.366. The van der Waals surface area contributed by atoms with E-state index in [4.69, 9.17) is 14.0 Å². The van der Waals surface area contributed by atoms with E-state index in [0.29, 0.717) is 6.61 Å². The van der Waals surface area contributed by atoms with Gasteiger partial charge in [-0.3, -0.25) is 0 Å². The first kappa shape index (κ1) is 18.3. The summed E-state index contributed by atoms with van der Waals surface area (Å²) in [7, 11) is -0.366. The topological polar surface area (TPSA) is 56.8 Å². The molecule has 0 radical (unpaired) electrons. The monoisotopic (exact) mass is 345 g/mol. The van der Waals surface area contributed by atoms with E-state index >= 15 is 0 Å². The van der Waals surface area contributed by atoms with Gasteiger partial charge in [-0.15, -0.1) is 0 Å². The van der Waals surface area contributed by atoms with Gasteiger partial charge in [0.15, 0.2) is 0 Å². The molecule has 1 amide bonds. The van der Waals surface area contributed by atoms with E-state index in [2.05, 4.69) is 17.4 Å². The third-order valence-electron chi connectivity index (χ3n) is 5.81. The van der Waals surface area contributed by atoms with Gasteiger partial charge in [0.25, 0.3) is 0 Å². The van der Waals surface area contributed by atoms with E-state index in [0.717, 1.165) is 30.3 Å². The third kappa shape index (κ3) is 3.29. The SMILES string of the molecule is CCOC(=O)NC1(c2ccc(B3OC(C)(C)C(C)(C)O3)cc2)CCC1. The fourth-order valence-corrected chi connectivity index (χ4v) is 3.32. The second-order valence-electron chi connectivity index (χ2n) is 7.99. The molecular weight excluding hydrogens is 317 g/mol. The summed E-state index contributed by atoms with van der Waals surface area (Å²) in [6.07, 6.45) is 2.62. The zero-order valence-corrected chi connectivity index (χ0v) is 15.8. The molecule has 0 aromatic heterocycles. The maximum atomic E-state index is 11.9. The normalized spacial score (nSPS) is 23.0. The van der Waals surface area contributed by atoms with Crippen molar-refractivity contribution in [3.63, 3.8) is 0 Å². The van der Waals surface area contributed by atoms with Gasteiger partial charge in [-0.2, -0.15) is 0 Å². The van der Waals surface area contributed by atoms with Crippen LogP contribution in [-0.2, 0) is 19.6 Å². The number of benzene rings is 1. The lowest BCUT2D eigenvalue weighted by Crippen LogP contribution is -2.51. The molecule has 0 spiro atoms. The van der Waals surface area contributed by atoms with Gasteiger partial charge in [-0.05, 0) is 64.9 Å². The summed E-state index contributed by atoms with van der Waals surface area (Å²) in [5, 5.41) is 3.04. The van der Waals surface area contributed by atoms with Crippen LogP contribution in [0.5, 0.6) is 0 Å². The number of ether oxygens (including phenoxy) is 1. The molecule has 2 aliphatic rings. The Morgan fingerprint density at radius 3 is 2.12 bits per heavy atom. The predicted octanol–water partition coefficient (Wildman–Crippen LogP) is 3.11. The van der Waals surface area contributed by atoms with Gasteiger partial charge in [-0.25, -0.2) is 4.79 Å². The van der Waals surface area contributed by atoms with Crippen LogP contribution in [0.1, 0.15) is 59.4 Å². The van der Waals surface area contributed by atoms with Crippen LogP contribution in [0.2, 0.25) is 0 Å². The maximum absolute atomic E-state index is 11.9. The number of nitrogens with one attached hydrogen (secondary N) is 1. The average molecular weight is 345 g/mol. The molecule has 1 saturated heterocycles. The van der Waals surface area contributed by atoms with Gasteiger partial charge in [0.2, 0.25) is 0 Å². The Kier molecular flexibility index (Phi) is 4.62. The Bertz CT molecular complexity index is 621. The molecule has 2 fully saturated rings. The quantitative estimate of drug-likeness (QED) is 0.852. The first-order valence-corrected chi connectivity index (χ1v) is 9.10. The number of hydrogen-bond donors (Lipinski definition) is 1. The Morgan fingerprint density at radius 2 is 1.68 bits per heavy atom. The van der Waals surface area contributed by atoms with Gasteiger partial charge in [0.1, 0.15) is 0 Å². The van der Waals surface area contributed by atoms with E-state index in [1.807, 2.05) is 46.8 Å². The lowest BCUT2D eigenvalue weighted by molar-refractivity contribution is 0.00578. The van der Waals surface area contributed by atoms with Crippen molar-refractivity contribution in [2.24, 2.45) is 0 Å². The Morgan fingerprint density at radius 1 is 1.12 bits per heavy atom. The van der Waals surface area contributed by atoms with Crippen molar-refractivity contribution >= 4 is 18.7 Å². The van der Waals surface area contributed by atoms with Crippen molar-refractivity contribution in [1.82, 2.24) is 5.32 Å². The van der Waals surface area contributed by atoms with Crippen LogP contribution >= 0.6 is 0 Å². The summed E-state index contributed by atoms with van der Waals surface area (Å²) < 4.78 is 17.3. The summed E-state index contributed by atoms with van der Waals surface area (Å²) >= 11 is 0. The molecule has 1 heterocycles. The van der Waals surface area contributed by atoms with Gasteiger partial charge < -0.3 is 19.4 Å². The largest absolute Gasteiger partial charge is 0.494 e. The van der Waals surface area contributed by atoms with Gasteiger partial charge >= 0.3 is 13.2 Å². The Hall–Kier alpha value is -1.53.